The summed E-state index contributed by atoms with van der Waals surface area (Å²) in [5.41, 5.74) is 7.51. The number of hydrogen-bond acceptors (Lipinski definition) is 4. The second-order valence-corrected chi connectivity index (χ2v) is 8.69. The zero-order valence-electron chi connectivity index (χ0n) is 18.2. The first kappa shape index (κ1) is 19.2. The number of nitrogens with zero attached hydrogens (tertiary/aromatic N) is 5. The van der Waals surface area contributed by atoms with Gasteiger partial charge in [0.1, 0.15) is 0 Å². The normalized spacial score (nSPS) is 15.7. The maximum Gasteiger partial charge on any atom is 0.154 e. The number of fused-ring (bicyclic) bond motifs is 2. The van der Waals surface area contributed by atoms with Crippen LogP contribution in [0.15, 0.2) is 73.1 Å². The molecular weight excluding hydrogens is 396 g/mol. The number of H-pyrrole nitrogens is 1. The van der Waals surface area contributed by atoms with Crippen LogP contribution in [0.5, 0.6) is 0 Å². The molecular formula is C26H26N6. The number of piperazine rings is 1. The molecule has 0 aliphatic carbocycles. The molecule has 6 rings (SSSR count). The average molecular weight is 423 g/mol. The average Bonchev–Trinajstić information content (AvgIpc) is 3.47. The van der Waals surface area contributed by atoms with Crippen LogP contribution in [0.1, 0.15) is 5.56 Å². The van der Waals surface area contributed by atoms with Crippen molar-refractivity contribution in [2.24, 2.45) is 0 Å². The Hall–Kier alpha value is -3.48. The zero-order valence-corrected chi connectivity index (χ0v) is 18.2. The van der Waals surface area contributed by atoms with Crippen LogP contribution in [0.25, 0.3) is 39.1 Å². The molecule has 2 aromatic carbocycles. The Morgan fingerprint density at radius 2 is 1.69 bits per heavy atom. The molecule has 32 heavy (non-hydrogen) atoms. The summed E-state index contributed by atoms with van der Waals surface area (Å²) < 4.78 is 1.95. The number of hydrogen-bond donors (Lipinski definition) is 1. The topological polar surface area (TPSA) is 52.5 Å². The van der Waals surface area contributed by atoms with E-state index in [1.807, 2.05) is 23.0 Å². The van der Waals surface area contributed by atoms with Gasteiger partial charge >= 0.3 is 0 Å². The Labute approximate surface area is 187 Å². The fraction of sp³-hybridized carbons (Fsp3) is 0.231. The van der Waals surface area contributed by atoms with E-state index in [4.69, 9.17) is 5.10 Å². The molecule has 1 N–H and O–H groups in total. The molecule has 6 heteroatoms. The van der Waals surface area contributed by atoms with E-state index in [1.54, 1.807) is 0 Å². The molecule has 0 radical (unpaired) electrons. The quantitative estimate of drug-likeness (QED) is 0.469. The van der Waals surface area contributed by atoms with Crippen LogP contribution in [-0.2, 0) is 6.54 Å². The van der Waals surface area contributed by atoms with Crippen molar-refractivity contribution in [1.29, 1.82) is 0 Å². The third-order valence-corrected chi connectivity index (χ3v) is 6.46. The molecule has 0 atom stereocenters. The third kappa shape index (κ3) is 3.57. The Bertz CT molecular complexity index is 1370. The van der Waals surface area contributed by atoms with E-state index < -0.39 is 0 Å². The molecule has 0 amide bonds. The maximum atomic E-state index is 4.93. The minimum absolute atomic E-state index is 0.851. The first-order valence-electron chi connectivity index (χ1n) is 11.2. The van der Waals surface area contributed by atoms with Crippen molar-refractivity contribution in [2.75, 3.05) is 33.2 Å². The highest BCUT2D eigenvalue weighted by molar-refractivity contribution is 5.84. The molecule has 3 aromatic heterocycles. The van der Waals surface area contributed by atoms with E-state index in [0.717, 1.165) is 66.4 Å². The van der Waals surface area contributed by atoms with Crippen LogP contribution in [-0.4, -0.2) is 62.6 Å². The standard InChI is InChI=1S/C26H26N6/c1-30-12-14-31(15-13-30)18-19-2-4-20(5-3-19)24-8-9-26-28-17-25(32(26)29-24)22-6-7-23-21(16-22)10-11-27-23/h2-11,16-17,27H,12-15,18H2,1H3. The summed E-state index contributed by atoms with van der Waals surface area (Å²) in [6, 6.07) is 21.4. The fourth-order valence-electron chi connectivity index (χ4n) is 4.48. The maximum absolute atomic E-state index is 4.93. The van der Waals surface area contributed by atoms with Crippen molar-refractivity contribution in [3.63, 3.8) is 0 Å². The van der Waals surface area contributed by atoms with Crippen molar-refractivity contribution >= 4 is 16.6 Å². The Balaban J connectivity index is 1.28. The van der Waals surface area contributed by atoms with Crippen molar-refractivity contribution in [1.82, 2.24) is 29.4 Å². The van der Waals surface area contributed by atoms with Gasteiger partial charge in [0.15, 0.2) is 5.65 Å². The van der Waals surface area contributed by atoms with Gasteiger partial charge in [-0.15, -0.1) is 0 Å². The molecule has 1 aliphatic heterocycles. The SMILES string of the molecule is CN1CCN(Cc2ccc(-c3ccc4ncc(-c5ccc6[nH]ccc6c5)n4n3)cc2)CC1. The van der Waals surface area contributed by atoms with E-state index in [-0.39, 0.29) is 0 Å². The van der Waals surface area contributed by atoms with Gasteiger partial charge in [0.2, 0.25) is 0 Å². The second-order valence-electron chi connectivity index (χ2n) is 8.69. The Morgan fingerprint density at radius 1 is 0.875 bits per heavy atom. The molecule has 0 unspecified atom stereocenters. The monoisotopic (exact) mass is 422 g/mol. The summed E-state index contributed by atoms with van der Waals surface area (Å²) >= 11 is 0. The summed E-state index contributed by atoms with van der Waals surface area (Å²) in [4.78, 5) is 12.7. The van der Waals surface area contributed by atoms with E-state index >= 15 is 0 Å². The Kier molecular flexibility index (Phi) is 4.74. The van der Waals surface area contributed by atoms with Gasteiger partial charge in [-0.25, -0.2) is 9.50 Å². The lowest BCUT2D eigenvalue weighted by Crippen LogP contribution is -2.43. The van der Waals surface area contributed by atoms with Gasteiger partial charge in [0.05, 0.1) is 17.6 Å². The van der Waals surface area contributed by atoms with E-state index in [1.165, 1.54) is 10.9 Å². The smallest absolute Gasteiger partial charge is 0.154 e. The number of benzene rings is 2. The summed E-state index contributed by atoms with van der Waals surface area (Å²) in [6.45, 7) is 5.56. The van der Waals surface area contributed by atoms with Gasteiger partial charge in [-0.3, -0.25) is 4.90 Å². The molecule has 0 saturated carbocycles. The minimum atomic E-state index is 0.851. The summed E-state index contributed by atoms with van der Waals surface area (Å²) in [5, 5.41) is 6.12. The van der Waals surface area contributed by atoms with Crippen LogP contribution < -0.4 is 0 Å². The zero-order chi connectivity index (χ0) is 21.5. The highest BCUT2D eigenvalue weighted by Crippen LogP contribution is 2.26. The van der Waals surface area contributed by atoms with E-state index in [2.05, 4.69) is 81.4 Å². The highest BCUT2D eigenvalue weighted by Gasteiger charge is 2.14. The number of rotatable bonds is 4. The largest absolute Gasteiger partial charge is 0.361 e. The first-order valence-corrected chi connectivity index (χ1v) is 11.2. The first-order chi connectivity index (χ1) is 15.7. The highest BCUT2D eigenvalue weighted by atomic mass is 15.3. The molecule has 0 bridgehead atoms. The summed E-state index contributed by atoms with van der Waals surface area (Å²) in [7, 11) is 2.19. The second kappa shape index (κ2) is 7.89. The predicted molar refractivity (Wildman–Crippen MR) is 128 cm³/mol. The predicted octanol–water partition coefficient (Wildman–Crippen LogP) is 4.29. The number of aromatic nitrogens is 4. The number of likely N-dealkylation sites (N-methyl/N-ethyl adjacent to an activating group) is 1. The Morgan fingerprint density at radius 3 is 2.53 bits per heavy atom. The summed E-state index contributed by atoms with van der Waals surface area (Å²) in [6.07, 6.45) is 3.87. The van der Waals surface area contributed by atoms with Crippen LogP contribution in [0.2, 0.25) is 0 Å². The molecule has 5 aromatic rings. The molecule has 4 heterocycles. The van der Waals surface area contributed by atoms with Gasteiger partial charge in [-0.1, -0.05) is 30.3 Å². The van der Waals surface area contributed by atoms with Gasteiger partial charge in [0, 0.05) is 61.0 Å². The van der Waals surface area contributed by atoms with Crippen LogP contribution in [0.3, 0.4) is 0 Å². The van der Waals surface area contributed by atoms with E-state index in [0.29, 0.717) is 0 Å². The lowest BCUT2D eigenvalue weighted by molar-refractivity contribution is 0.148. The van der Waals surface area contributed by atoms with Gasteiger partial charge < -0.3 is 9.88 Å². The van der Waals surface area contributed by atoms with Crippen molar-refractivity contribution < 1.29 is 0 Å². The number of nitrogens with one attached hydrogen (secondary N) is 1. The molecule has 6 nitrogen and oxygen atoms in total. The fourth-order valence-corrected chi connectivity index (χ4v) is 4.48. The number of aromatic amines is 1. The third-order valence-electron chi connectivity index (χ3n) is 6.46. The van der Waals surface area contributed by atoms with Crippen LogP contribution in [0, 0.1) is 0 Å². The van der Waals surface area contributed by atoms with Crippen molar-refractivity contribution in [3.8, 4) is 22.5 Å². The van der Waals surface area contributed by atoms with Gasteiger partial charge in [0.25, 0.3) is 0 Å². The molecule has 1 saturated heterocycles. The molecule has 1 aliphatic rings. The van der Waals surface area contributed by atoms with Crippen molar-refractivity contribution in [3.05, 3.63) is 78.6 Å². The van der Waals surface area contributed by atoms with Crippen LogP contribution in [0.4, 0.5) is 0 Å². The van der Waals surface area contributed by atoms with Crippen molar-refractivity contribution in [2.45, 2.75) is 6.54 Å². The van der Waals surface area contributed by atoms with Gasteiger partial charge in [-0.2, -0.15) is 5.10 Å². The van der Waals surface area contributed by atoms with E-state index in [9.17, 15) is 0 Å². The van der Waals surface area contributed by atoms with Gasteiger partial charge in [-0.05, 0) is 42.9 Å². The van der Waals surface area contributed by atoms with Crippen LogP contribution >= 0.6 is 0 Å². The number of imidazole rings is 1. The lowest BCUT2D eigenvalue weighted by Gasteiger charge is -2.32. The minimum Gasteiger partial charge on any atom is -0.361 e. The lowest BCUT2D eigenvalue weighted by atomic mass is 10.1. The molecule has 1 fully saturated rings. The molecule has 160 valence electrons. The summed E-state index contributed by atoms with van der Waals surface area (Å²) in [5.74, 6) is 0. The molecule has 0 spiro atoms.